The van der Waals surface area contributed by atoms with Gasteiger partial charge in [-0.15, -0.1) is 0 Å². The molecule has 0 amide bonds. The van der Waals surface area contributed by atoms with Crippen LogP contribution >= 0.6 is 0 Å². The van der Waals surface area contributed by atoms with Gasteiger partial charge in [0.2, 0.25) is 0 Å². The van der Waals surface area contributed by atoms with Gasteiger partial charge in [0, 0.05) is 0 Å². The first-order chi connectivity index (χ1) is 7.46. The molecule has 0 aromatic heterocycles. The van der Waals surface area contributed by atoms with Crippen molar-refractivity contribution in [2.24, 2.45) is 0 Å². The van der Waals surface area contributed by atoms with Crippen LogP contribution in [0.4, 0.5) is 0 Å². The monoisotopic (exact) mass is 320 g/mol. The Morgan fingerprint density at radius 2 is 1.47 bits per heavy atom. The third-order valence-electron chi connectivity index (χ3n) is 1.48. The summed E-state index contributed by atoms with van der Waals surface area (Å²) in [5, 5.41) is 26.1. The number of carboxylic acid groups (broad SMARTS) is 2. The predicted octanol–water partition coefficient (Wildman–Crippen LogP) is -3.28. The Morgan fingerprint density at radius 1 is 1.05 bits per heavy atom. The molecule has 0 fully saturated rings. The zero-order valence-electron chi connectivity index (χ0n) is 8.06. The molecule has 0 aromatic rings. The van der Waals surface area contributed by atoms with Crippen LogP contribution in [-0.4, -0.2) is 111 Å². The number of hydrogen-bond donors (Lipinski definition) is 4. The summed E-state index contributed by atoms with van der Waals surface area (Å²) in [6.45, 7) is 0. The van der Waals surface area contributed by atoms with Crippen LogP contribution in [0.2, 0.25) is 0 Å². The fraction of sp³-hybridized carbons (Fsp3) is 0.500. The van der Waals surface area contributed by atoms with E-state index in [1.54, 1.807) is 0 Å². The second kappa shape index (κ2) is 9.26. The van der Waals surface area contributed by atoms with Crippen LogP contribution in [0, 0.1) is 0 Å². The van der Waals surface area contributed by atoms with Crippen molar-refractivity contribution in [1.82, 2.24) is 0 Å². The first kappa shape index (κ1) is 24.3. The number of aliphatic hydroxyl groups is 1. The van der Waals surface area contributed by atoms with Gasteiger partial charge in [-0.2, -0.15) is 8.42 Å². The van der Waals surface area contributed by atoms with E-state index in [4.69, 9.17) is 14.8 Å². The zero-order chi connectivity index (χ0) is 13.9. The summed E-state index contributed by atoms with van der Waals surface area (Å²) in [5.74, 6) is -5.58. The first-order valence-corrected chi connectivity index (χ1v) is 5.20. The van der Waals surface area contributed by atoms with Gasteiger partial charge >= 0.3 is 87.4 Å². The molecule has 0 aromatic carbocycles. The van der Waals surface area contributed by atoms with Gasteiger partial charge in [0.1, 0.15) is 0 Å². The average Bonchev–Trinajstić information content (AvgIpc) is 1.96. The number of carboxylic acids is 2. The van der Waals surface area contributed by atoms with Crippen LogP contribution in [0.25, 0.3) is 0 Å². The Kier molecular flexibility index (Phi) is 11.8. The molecule has 13 heteroatoms. The molecule has 0 bridgehead atoms. The van der Waals surface area contributed by atoms with Crippen molar-refractivity contribution in [3.8, 4) is 0 Å². The molecule has 1 unspecified atom stereocenters. The minimum absolute atomic E-state index is 0. The summed E-state index contributed by atoms with van der Waals surface area (Å²) in [6, 6.07) is 0. The minimum atomic E-state index is -5.15. The van der Waals surface area contributed by atoms with Gasteiger partial charge in [0.15, 0.2) is 5.60 Å². The normalized spacial score (nSPS) is 13.2. The van der Waals surface area contributed by atoms with E-state index in [0.29, 0.717) is 0 Å². The fourth-order valence-corrected chi connectivity index (χ4v) is 1.14. The number of aliphatic carboxylic acids is 2. The predicted molar refractivity (Wildman–Crippen MR) is 61.4 cm³/mol. The molecule has 19 heavy (non-hydrogen) atoms. The van der Waals surface area contributed by atoms with Gasteiger partial charge in [0.25, 0.3) is 0 Å². The Labute approximate surface area is 151 Å². The van der Waals surface area contributed by atoms with Gasteiger partial charge < -0.3 is 19.5 Å². The van der Waals surface area contributed by atoms with E-state index in [2.05, 4.69) is 4.18 Å². The fourth-order valence-electron chi connectivity index (χ4n) is 0.850. The quantitative estimate of drug-likeness (QED) is 0.286. The second-order valence-corrected chi connectivity index (χ2v) is 3.99. The summed E-state index contributed by atoms with van der Waals surface area (Å²) in [4.78, 5) is 31.6. The van der Waals surface area contributed by atoms with Crippen molar-refractivity contribution in [2.75, 3.05) is 0 Å². The third-order valence-corrected chi connectivity index (χ3v) is 1.87. The third kappa shape index (κ3) is 10.7. The average molecular weight is 320 g/mol. The van der Waals surface area contributed by atoms with Gasteiger partial charge in [0.05, 0.1) is 12.8 Å². The van der Waals surface area contributed by atoms with Crippen LogP contribution in [0.3, 0.4) is 0 Å². The summed E-state index contributed by atoms with van der Waals surface area (Å²) in [7, 11) is -5.15. The first-order valence-electron chi connectivity index (χ1n) is 3.83. The number of carbonyl (C=O) groups is 3. The summed E-state index contributed by atoms with van der Waals surface area (Å²) in [5.41, 5.74) is -3.02. The molecule has 0 saturated carbocycles. The summed E-state index contributed by atoms with van der Waals surface area (Å²) in [6.07, 6.45) is -2.79. The number of carbonyl (C=O) groups excluding carboxylic acids is 1. The van der Waals surface area contributed by atoms with Crippen LogP contribution in [0.1, 0.15) is 12.8 Å². The van der Waals surface area contributed by atoms with E-state index in [-0.39, 0.29) is 59.1 Å². The topological polar surface area (TPSA) is 175 Å². The van der Waals surface area contributed by atoms with Crippen molar-refractivity contribution in [3.63, 3.8) is 0 Å². The zero-order valence-corrected chi connectivity index (χ0v) is 8.88. The van der Waals surface area contributed by atoms with E-state index in [1.807, 2.05) is 0 Å². The molecule has 10 nitrogen and oxygen atoms in total. The Bertz CT molecular complexity index is 445. The van der Waals surface area contributed by atoms with E-state index >= 15 is 0 Å². The van der Waals surface area contributed by atoms with Gasteiger partial charge in [-0.1, -0.05) is 0 Å². The van der Waals surface area contributed by atoms with Crippen molar-refractivity contribution in [2.45, 2.75) is 18.4 Å². The maximum atomic E-state index is 10.8. The standard InChI is InChI=1S/C6H8O10S.2Na.2H/c7-3(8)1-6(12,5(10)11)2-4(9)16-17(13,14)15;;;;/h12H,1-2H2,(H,7,8)(H,10,11)(H,13,14,15);;;;. The molecule has 0 radical (unpaired) electrons. The molecule has 0 aliphatic rings. The Morgan fingerprint density at radius 3 is 1.74 bits per heavy atom. The molecule has 0 spiro atoms. The molecule has 0 rings (SSSR count). The molecular weight excluding hydrogens is 310 g/mol. The van der Waals surface area contributed by atoms with Crippen LogP contribution in [-0.2, 0) is 29.0 Å². The Balaban J connectivity index is -0.00000128. The maximum absolute atomic E-state index is 10.8. The molecular formula is C6H10Na2O10S. The molecule has 0 aliphatic carbocycles. The van der Waals surface area contributed by atoms with Crippen molar-refractivity contribution in [3.05, 3.63) is 0 Å². The van der Waals surface area contributed by atoms with Gasteiger partial charge in [-0.05, 0) is 0 Å². The van der Waals surface area contributed by atoms with Crippen molar-refractivity contribution >= 4 is 87.4 Å². The van der Waals surface area contributed by atoms with E-state index in [1.165, 1.54) is 0 Å². The van der Waals surface area contributed by atoms with Gasteiger partial charge in [-0.3, -0.25) is 14.1 Å². The number of hydrogen-bond acceptors (Lipinski definition) is 7. The van der Waals surface area contributed by atoms with Crippen LogP contribution in [0.5, 0.6) is 0 Å². The van der Waals surface area contributed by atoms with E-state index in [0.717, 1.165) is 0 Å². The summed E-state index contributed by atoms with van der Waals surface area (Å²) < 4.78 is 31.6. The SMILES string of the molecule is O=C(O)CC(O)(CC(=O)OS(=O)(=O)O)C(=O)O.[NaH].[NaH]. The van der Waals surface area contributed by atoms with Crippen molar-refractivity contribution in [1.29, 1.82) is 0 Å². The summed E-state index contributed by atoms with van der Waals surface area (Å²) >= 11 is 0. The molecule has 102 valence electrons. The van der Waals surface area contributed by atoms with Crippen LogP contribution < -0.4 is 0 Å². The van der Waals surface area contributed by atoms with E-state index < -0.39 is 46.7 Å². The molecule has 4 N–H and O–H groups in total. The molecule has 1 atom stereocenters. The second-order valence-electron chi connectivity index (χ2n) is 2.97. The van der Waals surface area contributed by atoms with Crippen molar-refractivity contribution < 1.29 is 46.9 Å². The molecule has 0 heterocycles. The molecule has 0 saturated heterocycles. The van der Waals surface area contributed by atoms with Crippen LogP contribution in [0.15, 0.2) is 0 Å². The number of rotatable bonds is 6. The van der Waals surface area contributed by atoms with Gasteiger partial charge in [-0.25, -0.2) is 4.79 Å². The molecule has 0 aliphatic heterocycles. The Hall–Kier alpha value is 0.280. The van der Waals surface area contributed by atoms with E-state index in [9.17, 15) is 27.9 Å².